The fourth-order valence-electron chi connectivity index (χ4n) is 2.73. The van der Waals surface area contributed by atoms with Crippen LogP contribution in [-0.4, -0.2) is 36.1 Å². The van der Waals surface area contributed by atoms with Crippen molar-refractivity contribution in [2.45, 2.75) is 16.9 Å². The minimum absolute atomic E-state index is 0.277. The van der Waals surface area contributed by atoms with E-state index in [4.69, 9.17) is 9.47 Å². The van der Waals surface area contributed by atoms with Crippen molar-refractivity contribution in [3.8, 4) is 11.5 Å². The molecule has 7 nitrogen and oxygen atoms in total. The molecule has 1 fully saturated rings. The van der Waals surface area contributed by atoms with Crippen molar-refractivity contribution in [3.63, 3.8) is 0 Å². The summed E-state index contributed by atoms with van der Waals surface area (Å²) in [5.41, 5.74) is -0.687. The Morgan fingerprint density at radius 1 is 1.19 bits per heavy atom. The molecule has 3 amide bonds. The smallest absolute Gasteiger partial charge is 0.322 e. The molecule has 3 rings (SSSR count). The van der Waals surface area contributed by atoms with Crippen molar-refractivity contribution in [1.29, 1.82) is 0 Å². The van der Waals surface area contributed by atoms with Gasteiger partial charge in [0.2, 0.25) is 0 Å². The van der Waals surface area contributed by atoms with Crippen LogP contribution in [0.5, 0.6) is 11.5 Å². The lowest BCUT2D eigenvalue weighted by atomic mass is 9.86. The van der Waals surface area contributed by atoms with Crippen molar-refractivity contribution < 1.29 is 23.3 Å². The molecule has 2 heterocycles. The van der Waals surface area contributed by atoms with Gasteiger partial charge in [0.05, 0.1) is 25.0 Å². The molecule has 2 N–H and O–H groups in total. The molecule has 1 saturated heterocycles. The second kappa shape index (κ2) is 4.73. The Morgan fingerprint density at radius 2 is 1.86 bits per heavy atom. The lowest BCUT2D eigenvalue weighted by Crippen LogP contribution is -2.47. The first kappa shape index (κ1) is 13.9. The number of urea groups is 1. The highest BCUT2D eigenvalue weighted by atomic mass is 32.2. The Morgan fingerprint density at radius 3 is 2.43 bits per heavy atom. The molecule has 1 aromatic rings. The zero-order valence-corrected chi connectivity index (χ0v) is 12.3. The van der Waals surface area contributed by atoms with E-state index in [0.29, 0.717) is 22.0 Å². The summed E-state index contributed by atoms with van der Waals surface area (Å²) in [4.78, 5) is 24.2. The Balaban J connectivity index is 2.24. The van der Waals surface area contributed by atoms with E-state index in [2.05, 4.69) is 10.6 Å². The summed E-state index contributed by atoms with van der Waals surface area (Å²) in [6.45, 7) is 0. The summed E-state index contributed by atoms with van der Waals surface area (Å²) >= 11 is 0. The molecule has 2 aliphatic rings. The molecule has 1 aromatic carbocycles. The van der Waals surface area contributed by atoms with Crippen molar-refractivity contribution in [3.05, 3.63) is 17.7 Å². The molecule has 112 valence electrons. The van der Waals surface area contributed by atoms with Gasteiger partial charge >= 0.3 is 6.03 Å². The molecule has 0 radical (unpaired) electrons. The summed E-state index contributed by atoms with van der Waals surface area (Å²) in [6, 6.07) is 2.66. The largest absolute Gasteiger partial charge is 0.493 e. The van der Waals surface area contributed by atoms with Gasteiger partial charge < -0.3 is 14.8 Å². The monoisotopic (exact) mass is 310 g/mol. The van der Waals surface area contributed by atoms with Gasteiger partial charge in [0.1, 0.15) is 5.54 Å². The third kappa shape index (κ3) is 1.90. The number of hydrogen-bond donors (Lipinski definition) is 2. The van der Waals surface area contributed by atoms with Crippen LogP contribution in [0.15, 0.2) is 17.0 Å². The number of imide groups is 1. The predicted octanol–water partition coefficient (Wildman–Crippen LogP) is 0.250. The van der Waals surface area contributed by atoms with Crippen LogP contribution < -0.4 is 20.1 Å². The molecule has 0 aromatic heterocycles. The summed E-state index contributed by atoms with van der Waals surface area (Å²) in [5.74, 6) is 0.712. The zero-order chi connectivity index (χ0) is 15.2. The number of hydrogen-bond acceptors (Lipinski definition) is 5. The van der Waals surface area contributed by atoms with Crippen LogP contribution in [0.4, 0.5) is 4.79 Å². The third-order valence-electron chi connectivity index (χ3n) is 3.79. The van der Waals surface area contributed by atoms with Crippen molar-refractivity contribution in [2.24, 2.45) is 0 Å². The summed E-state index contributed by atoms with van der Waals surface area (Å²) < 4.78 is 22.7. The Labute approximate surface area is 123 Å². The lowest BCUT2D eigenvalue weighted by Gasteiger charge is -2.32. The molecule has 1 spiro atoms. The van der Waals surface area contributed by atoms with Crippen LogP contribution >= 0.6 is 0 Å². The molecular formula is C13H14N2O5S. The summed E-state index contributed by atoms with van der Waals surface area (Å²) in [7, 11) is 1.71. The van der Waals surface area contributed by atoms with Gasteiger partial charge in [-0.25, -0.2) is 4.79 Å². The van der Waals surface area contributed by atoms with Gasteiger partial charge in [-0.1, -0.05) is 0 Å². The number of nitrogens with one attached hydrogen (secondary N) is 2. The highest BCUT2D eigenvalue weighted by molar-refractivity contribution is 7.85. The van der Waals surface area contributed by atoms with E-state index in [1.54, 1.807) is 12.1 Å². The molecule has 0 saturated carbocycles. The molecule has 8 heteroatoms. The van der Waals surface area contributed by atoms with E-state index in [1.807, 2.05) is 0 Å². The van der Waals surface area contributed by atoms with E-state index in [0.717, 1.165) is 0 Å². The Hall–Kier alpha value is -2.09. The molecule has 2 aliphatic heterocycles. The number of ether oxygens (including phenoxy) is 2. The lowest BCUT2D eigenvalue weighted by molar-refractivity contribution is -0.124. The minimum atomic E-state index is -1.25. The predicted molar refractivity (Wildman–Crippen MR) is 73.8 cm³/mol. The number of fused-ring (bicyclic) bond motifs is 2. The van der Waals surface area contributed by atoms with Crippen LogP contribution in [0.1, 0.15) is 12.0 Å². The van der Waals surface area contributed by atoms with Gasteiger partial charge in [0.15, 0.2) is 11.5 Å². The maximum absolute atomic E-state index is 12.3. The first-order chi connectivity index (χ1) is 10.0. The van der Waals surface area contributed by atoms with Crippen LogP contribution in [0.2, 0.25) is 0 Å². The summed E-state index contributed by atoms with van der Waals surface area (Å²) in [6.07, 6.45) is 0.277. The SMILES string of the molecule is COc1cc2c(cc1OC)C1(CCS2=O)NC(=O)NC1=O. The van der Waals surface area contributed by atoms with Gasteiger partial charge in [0.25, 0.3) is 5.91 Å². The van der Waals surface area contributed by atoms with Crippen LogP contribution in [0.3, 0.4) is 0 Å². The maximum atomic E-state index is 12.3. The molecular weight excluding hydrogens is 296 g/mol. The van der Waals surface area contributed by atoms with E-state index in [-0.39, 0.29) is 12.2 Å². The van der Waals surface area contributed by atoms with E-state index >= 15 is 0 Å². The fourth-order valence-corrected chi connectivity index (χ4v) is 4.16. The zero-order valence-electron chi connectivity index (χ0n) is 11.5. The van der Waals surface area contributed by atoms with Crippen molar-refractivity contribution in [1.82, 2.24) is 10.6 Å². The topological polar surface area (TPSA) is 93.7 Å². The second-order valence-corrected chi connectivity index (χ2v) is 6.36. The Kier molecular flexibility index (Phi) is 3.12. The minimum Gasteiger partial charge on any atom is -0.493 e. The molecule has 2 atom stereocenters. The fraction of sp³-hybridized carbons (Fsp3) is 0.385. The average molecular weight is 310 g/mol. The number of rotatable bonds is 2. The second-order valence-electron chi connectivity index (χ2n) is 4.82. The highest BCUT2D eigenvalue weighted by Gasteiger charge is 2.51. The first-order valence-electron chi connectivity index (χ1n) is 6.30. The van der Waals surface area contributed by atoms with E-state index in [1.165, 1.54) is 14.2 Å². The van der Waals surface area contributed by atoms with E-state index < -0.39 is 28.3 Å². The highest BCUT2D eigenvalue weighted by Crippen LogP contribution is 2.42. The van der Waals surface area contributed by atoms with Crippen molar-refractivity contribution >= 4 is 22.7 Å². The van der Waals surface area contributed by atoms with Gasteiger partial charge in [-0.15, -0.1) is 0 Å². The molecule has 21 heavy (non-hydrogen) atoms. The van der Waals surface area contributed by atoms with Gasteiger partial charge in [-0.2, -0.15) is 0 Å². The number of amides is 3. The quantitative estimate of drug-likeness (QED) is 0.764. The van der Waals surface area contributed by atoms with Gasteiger partial charge in [-0.05, 0) is 12.5 Å². The molecule has 0 aliphatic carbocycles. The molecule has 2 unspecified atom stereocenters. The maximum Gasteiger partial charge on any atom is 0.322 e. The molecule has 0 bridgehead atoms. The summed E-state index contributed by atoms with van der Waals surface area (Å²) in [5, 5.41) is 4.89. The van der Waals surface area contributed by atoms with Crippen LogP contribution in [0, 0.1) is 0 Å². The van der Waals surface area contributed by atoms with Crippen LogP contribution in [0.25, 0.3) is 0 Å². The standard InChI is InChI=1S/C13H14N2O5S/c1-19-8-5-7-10(6-9(8)20-2)21(18)4-3-13(7)11(16)14-12(17)15-13/h5-6H,3-4H2,1-2H3,(H2,14,15,16,17). The Bertz CT molecular complexity index is 675. The van der Waals surface area contributed by atoms with Crippen molar-refractivity contribution in [2.75, 3.05) is 20.0 Å². The van der Waals surface area contributed by atoms with Crippen LogP contribution in [-0.2, 0) is 21.1 Å². The normalized spacial score (nSPS) is 27.0. The van der Waals surface area contributed by atoms with Gasteiger partial charge in [0, 0.05) is 22.3 Å². The number of methoxy groups -OCH3 is 2. The number of benzene rings is 1. The first-order valence-corrected chi connectivity index (χ1v) is 7.62. The third-order valence-corrected chi connectivity index (χ3v) is 5.20. The number of carbonyl (C=O) groups excluding carboxylic acids is 2. The van der Waals surface area contributed by atoms with E-state index in [9.17, 15) is 13.8 Å². The average Bonchev–Trinajstić information content (AvgIpc) is 2.77. The number of carbonyl (C=O) groups is 2. The van der Waals surface area contributed by atoms with Gasteiger partial charge in [-0.3, -0.25) is 14.3 Å².